The predicted octanol–water partition coefficient (Wildman–Crippen LogP) is 2.72. The van der Waals surface area contributed by atoms with E-state index in [1.165, 1.54) is 4.90 Å². The lowest BCUT2D eigenvalue weighted by Gasteiger charge is -2.33. The molecular weight excluding hydrogens is 304 g/mol. The molecule has 3 amide bonds. The number of aryl methyl sites for hydroxylation is 1. The molecule has 0 saturated carbocycles. The highest BCUT2D eigenvalue weighted by Crippen LogP contribution is 2.41. The van der Waals surface area contributed by atoms with Crippen molar-refractivity contribution in [1.29, 1.82) is 0 Å². The second-order valence-corrected chi connectivity index (χ2v) is 6.31. The maximum absolute atomic E-state index is 13.1. The average molecular weight is 322 g/mol. The monoisotopic (exact) mass is 322 g/mol. The summed E-state index contributed by atoms with van der Waals surface area (Å²) in [6.45, 7) is 2.67. The van der Waals surface area contributed by atoms with Crippen LogP contribution in [0.3, 0.4) is 0 Å². The van der Waals surface area contributed by atoms with Crippen molar-refractivity contribution in [2.24, 2.45) is 0 Å². The van der Waals surface area contributed by atoms with Crippen LogP contribution in [-0.2, 0) is 16.9 Å². The SMILES string of the molecule is Cc1cccc(CN2C(=O)N[C@]3(CCOc4ccccc43)C2=O)c1. The molecule has 2 heterocycles. The number of imide groups is 1. The van der Waals surface area contributed by atoms with Crippen LogP contribution in [0.5, 0.6) is 5.75 Å². The molecule has 0 radical (unpaired) electrons. The highest BCUT2D eigenvalue weighted by molar-refractivity contribution is 6.07. The van der Waals surface area contributed by atoms with Crippen LogP contribution in [0.1, 0.15) is 23.1 Å². The first-order valence-corrected chi connectivity index (χ1v) is 8.02. The Morgan fingerprint density at radius 1 is 1.17 bits per heavy atom. The standard InChI is InChI=1S/C19H18N2O3/c1-13-5-4-6-14(11-13)12-21-17(22)19(20-18(21)23)9-10-24-16-8-3-2-7-15(16)19/h2-8,11H,9-10,12H2,1H3,(H,20,23)/t19-/m0/s1. The van der Waals surface area contributed by atoms with E-state index in [9.17, 15) is 9.59 Å². The third kappa shape index (κ3) is 2.16. The number of urea groups is 1. The molecule has 1 atom stereocenters. The van der Waals surface area contributed by atoms with E-state index in [1.807, 2.05) is 55.5 Å². The van der Waals surface area contributed by atoms with E-state index < -0.39 is 5.54 Å². The molecule has 2 aromatic rings. The minimum absolute atomic E-state index is 0.204. The lowest BCUT2D eigenvalue weighted by Crippen LogP contribution is -2.47. The third-order valence-electron chi connectivity index (χ3n) is 4.68. The van der Waals surface area contributed by atoms with E-state index in [-0.39, 0.29) is 18.5 Å². The van der Waals surface area contributed by atoms with Crippen LogP contribution in [-0.4, -0.2) is 23.4 Å². The fourth-order valence-corrected chi connectivity index (χ4v) is 3.51. The van der Waals surface area contributed by atoms with E-state index in [0.717, 1.165) is 16.7 Å². The smallest absolute Gasteiger partial charge is 0.325 e. The second kappa shape index (κ2) is 5.37. The molecule has 2 aliphatic heterocycles. The summed E-state index contributed by atoms with van der Waals surface area (Å²) in [6.07, 6.45) is 0.443. The van der Waals surface area contributed by atoms with Crippen molar-refractivity contribution in [3.8, 4) is 5.75 Å². The van der Waals surface area contributed by atoms with Gasteiger partial charge in [-0.1, -0.05) is 48.0 Å². The van der Waals surface area contributed by atoms with E-state index in [4.69, 9.17) is 4.74 Å². The number of ether oxygens (including phenoxy) is 1. The predicted molar refractivity (Wildman–Crippen MR) is 88.5 cm³/mol. The number of carbonyl (C=O) groups excluding carboxylic acids is 2. The molecule has 1 spiro atoms. The Morgan fingerprint density at radius 2 is 2.00 bits per heavy atom. The summed E-state index contributed by atoms with van der Waals surface area (Å²) in [5.74, 6) is 0.458. The number of amides is 3. The van der Waals surface area contributed by atoms with Crippen molar-refractivity contribution in [1.82, 2.24) is 10.2 Å². The Kier molecular flexibility index (Phi) is 3.30. The number of benzene rings is 2. The van der Waals surface area contributed by atoms with E-state index in [1.54, 1.807) is 0 Å². The molecule has 1 saturated heterocycles. The van der Waals surface area contributed by atoms with E-state index >= 15 is 0 Å². The van der Waals surface area contributed by atoms with Crippen molar-refractivity contribution in [3.63, 3.8) is 0 Å². The molecule has 2 aliphatic rings. The van der Waals surface area contributed by atoms with Crippen LogP contribution >= 0.6 is 0 Å². The van der Waals surface area contributed by atoms with Gasteiger partial charge in [0.1, 0.15) is 5.75 Å². The van der Waals surface area contributed by atoms with Crippen molar-refractivity contribution >= 4 is 11.9 Å². The van der Waals surface area contributed by atoms with Gasteiger partial charge < -0.3 is 10.1 Å². The highest BCUT2D eigenvalue weighted by atomic mass is 16.5. The normalized spacial score (nSPS) is 22.3. The van der Waals surface area contributed by atoms with Crippen LogP contribution in [0.15, 0.2) is 48.5 Å². The molecule has 0 aliphatic carbocycles. The maximum atomic E-state index is 13.1. The Labute approximate surface area is 140 Å². The molecular formula is C19H18N2O3. The highest BCUT2D eigenvalue weighted by Gasteiger charge is 2.54. The Hall–Kier alpha value is -2.82. The fraction of sp³-hybridized carbons (Fsp3) is 0.263. The number of rotatable bonds is 2. The molecule has 4 rings (SSSR count). The van der Waals surface area contributed by atoms with Gasteiger partial charge in [-0.2, -0.15) is 0 Å². The molecule has 0 unspecified atom stereocenters. The van der Waals surface area contributed by atoms with Crippen LogP contribution in [0.25, 0.3) is 0 Å². The van der Waals surface area contributed by atoms with Gasteiger partial charge in [0.15, 0.2) is 5.54 Å². The van der Waals surface area contributed by atoms with Crippen LogP contribution in [0.4, 0.5) is 4.79 Å². The lowest BCUT2D eigenvalue weighted by atomic mass is 9.84. The van der Waals surface area contributed by atoms with Gasteiger partial charge in [-0.25, -0.2) is 4.79 Å². The largest absolute Gasteiger partial charge is 0.493 e. The zero-order valence-corrected chi connectivity index (χ0v) is 13.4. The molecule has 1 fully saturated rings. The quantitative estimate of drug-likeness (QED) is 0.865. The summed E-state index contributed by atoms with van der Waals surface area (Å²) in [4.78, 5) is 26.9. The summed E-state index contributed by atoms with van der Waals surface area (Å²) in [7, 11) is 0. The van der Waals surface area contributed by atoms with Crippen LogP contribution < -0.4 is 10.1 Å². The summed E-state index contributed by atoms with van der Waals surface area (Å²) in [6, 6.07) is 14.9. The van der Waals surface area contributed by atoms with E-state index in [2.05, 4.69) is 5.32 Å². The number of para-hydroxylation sites is 1. The Morgan fingerprint density at radius 3 is 2.83 bits per heavy atom. The number of nitrogens with one attached hydrogen (secondary N) is 1. The first-order valence-electron chi connectivity index (χ1n) is 8.02. The molecule has 24 heavy (non-hydrogen) atoms. The minimum Gasteiger partial charge on any atom is -0.493 e. The topological polar surface area (TPSA) is 58.6 Å². The summed E-state index contributed by atoms with van der Waals surface area (Å²) >= 11 is 0. The third-order valence-corrected chi connectivity index (χ3v) is 4.68. The number of fused-ring (bicyclic) bond motifs is 2. The summed E-state index contributed by atoms with van der Waals surface area (Å²) in [5, 5.41) is 2.92. The zero-order valence-electron chi connectivity index (χ0n) is 13.4. The number of hydrogen-bond donors (Lipinski definition) is 1. The van der Waals surface area contributed by atoms with E-state index in [0.29, 0.717) is 18.8 Å². The van der Waals surface area contributed by atoms with Crippen molar-refractivity contribution in [2.75, 3.05) is 6.61 Å². The number of nitrogens with zero attached hydrogens (tertiary/aromatic N) is 1. The first-order chi connectivity index (χ1) is 11.6. The number of hydrogen-bond acceptors (Lipinski definition) is 3. The van der Waals surface area contributed by atoms with Crippen LogP contribution in [0.2, 0.25) is 0 Å². The Bertz CT molecular complexity index is 833. The molecule has 5 nitrogen and oxygen atoms in total. The van der Waals surface area contributed by atoms with Gasteiger partial charge in [-0.15, -0.1) is 0 Å². The summed E-state index contributed by atoms with van der Waals surface area (Å²) < 4.78 is 5.64. The van der Waals surface area contributed by atoms with Gasteiger partial charge in [0.25, 0.3) is 5.91 Å². The molecule has 122 valence electrons. The molecule has 0 bridgehead atoms. The molecule has 5 heteroatoms. The Balaban J connectivity index is 1.70. The van der Waals surface area contributed by atoms with Crippen molar-refractivity contribution in [2.45, 2.75) is 25.4 Å². The molecule has 0 aromatic heterocycles. The molecule has 2 aromatic carbocycles. The zero-order chi connectivity index (χ0) is 16.7. The van der Waals surface area contributed by atoms with Gasteiger partial charge in [0, 0.05) is 12.0 Å². The minimum atomic E-state index is -1.00. The summed E-state index contributed by atoms with van der Waals surface area (Å²) in [5.41, 5.74) is 1.78. The van der Waals surface area contributed by atoms with Gasteiger partial charge in [0.2, 0.25) is 0 Å². The van der Waals surface area contributed by atoms with Gasteiger partial charge in [-0.3, -0.25) is 9.69 Å². The average Bonchev–Trinajstić information content (AvgIpc) is 2.80. The van der Waals surface area contributed by atoms with Gasteiger partial charge in [-0.05, 0) is 18.6 Å². The van der Waals surface area contributed by atoms with Crippen LogP contribution in [0, 0.1) is 6.92 Å². The first kappa shape index (κ1) is 14.8. The lowest BCUT2D eigenvalue weighted by molar-refractivity contribution is -0.133. The van der Waals surface area contributed by atoms with Crippen molar-refractivity contribution in [3.05, 3.63) is 65.2 Å². The van der Waals surface area contributed by atoms with Crippen molar-refractivity contribution < 1.29 is 14.3 Å². The maximum Gasteiger partial charge on any atom is 0.325 e. The fourth-order valence-electron chi connectivity index (χ4n) is 3.51. The van der Waals surface area contributed by atoms with Gasteiger partial charge in [0.05, 0.1) is 13.2 Å². The molecule has 1 N–H and O–H groups in total. The van der Waals surface area contributed by atoms with Gasteiger partial charge >= 0.3 is 6.03 Å². The second-order valence-electron chi connectivity index (χ2n) is 6.31. The number of carbonyl (C=O) groups is 2.